The minimum absolute atomic E-state index is 0.00166. The molecule has 4 rings (SSSR count). The van der Waals surface area contributed by atoms with Gasteiger partial charge in [-0.15, -0.1) is 0 Å². The van der Waals surface area contributed by atoms with Crippen LogP contribution in [0.3, 0.4) is 0 Å². The highest BCUT2D eigenvalue weighted by atomic mass is 16.5. The van der Waals surface area contributed by atoms with Crippen molar-refractivity contribution in [3.05, 3.63) is 59.7 Å². The summed E-state index contributed by atoms with van der Waals surface area (Å²) in [7, 11) is 1.84. The van der Waals surface area contributed by atoms with Gasteiger partial charge >= 0.3 is 0 Å². The Labute approximate surface area is 184 Å². The Morgan fingerprint density at radius 2 is 1.94 bits per heavy atom. The number of benzene rings is 2. The highest BCUT2D eigenvalue weighted by Crippen LogP contribution is 2.36. The minimum atomic E-state index is -0.454. The van der Waals surface area contributed by atoms with Crippen molar-refractivity contribution in [2.24, 2.45) is 0 Å². The third-order valence-corrected chi connectivity index (χ3v) is 6.59. The van der Waals surface area contributed by atoms with Crippen LogP contribution in [0, 0.1) is 5.41 Å². The van der Waals surface area contributed by atoms with E-state index in [1.54, 1.807) is 0 Å². The van der Waals surface area contributed by atoms with Crippen LogP contribution in [0.25, 0.3) is 0 Å². The lowest BCUT2D eigenvalue weighted by molar-refractivity contribution is -0.161. The Hall–Kier alpha value is -2.70. The molecule has 1 amide bonds. The lowest BCUT2D eigenvalue weighted by Crippen LogP contribution is -2.61. The molecule has 2 N–H and O–H groups in total. The summed E-state index contributed by atoms with van der Waals surface area (Å²) in [5, 5.41) is 10.7. The first-order valence-corrected chi connectivity index (χ1v) is 11.1. The third kappa shape index (κ3) is 4.65. The van der Waals surface area contributed by atoms with Crippen molar-refractivity contribution in [3.63, 3.8) is 0 Å². The average Bonchev–Trinajstić information content (AvgIpc) is 2.81. The van der Waals surface area contributed by atoms with E-state index in [0.717, 1.165) is 55.8 Å². The standard InChI is InChI=1S/C25H32N4O2/c1-19-24(30)29(22-9-8-21(17-26)23(16-22)27-2)18-25(31-19)11-14-28(15-12-25)13-10-20-6-4-3-5-7-20/h3-9,16-17,19,26-27H,10-15,18H2,1-2H3. The summed E-state index contributed by atoms with van der Waals surface area (Å²) in [5.74, 6) is 0.00166. The fourth-order valence-electron chi connectivity index (χ4n) is 4.71. The third-order valence-electron chi connectivity index (χ3n) is 6.59. The maximum absolute atomic E-state index is 13.0. The van der Waals surface area contributed by atoms with E-state index in [1.807, 2.05) is 37.1 Å². The first kappa shape index (κ1) is 21.5. The van der Waals surface area contributed by atoms with Gasteiger partial charge in [0.1, 0.15) is 6.10 Å². The molecule has 164 valence electrons. The van der Waals surface area contributed by atoms with Gasteiger partial charge in [-0.3, -0.25) is 4.79 Å². The molecule has 1 unspecified atom stereocenters. The zero-order valence-corrected chi connectivity index (χ0v) is 18.4. The fourth-order valence-corrected chi connectivity index (χ4v) is 4.71. The predicted molar refractivity (Wildman–Crippen MR) is 125 cm³/mol. The SMILES string of the molecule is CNc1cc(N2CC3(CCN(CCc4ccccc4)CC3)OC(C)C2=O)ccc1C=N. The summed E-state index contributed by atoms with van der Waals surface area (Å²) in [4.78, 5) is 17.3. The van der Waals surface area contributed by atoms with Crippen molar-refractivity contribution in [3.8, 4) is 0 Å². The van der Waals surface area contributed by atoms with Crippen molar-refractivity contribution >= 4 is 23.5 Å². The average molecular weight is 421 g/mol. The van der Waals surface area contributed by atoms with Crippen LogP contribution in [-0.2, 0) is 16.0 Å². The molecule has 6 nitrogen and oxygen atoms in total. The molecule has 0 aliphatic carbocycles. The number of nitrogens with zero attached hydrogens (tertiary/aromatic N) is 2. The molecule has 6 heteroatoms. The minimum Gasteiger partial charge on any atom is -0.388 e. The number of anilines is 2. The van der Waals surface area contributed by atoms with E-state index in [9.17, 15) is 4.79 Å². The maximum Gasteiger partial charge on any atom is 0.255 e. The molecule has 2 saturated heterocycles. The second-order valence-corrected chi connectivity index (χ2v) is 8.61. The number of carbonyl (C=O) groups excluding carboxylic acids is 1. The second kappa shape index (κ2) is 9.20. The van der Waals surface area contributed by atoms with Gasteiger partial charge in [0.25, 0.3) is 5.91 Å². The fraction of sp³-hybridized carbons (Fsp3) is 0.440. The van der Waals surface area contributed by atoms with Crippen molar-refractivity contribution in [2.75, 3.05) is 43.4 Å². The van der Waals surface area contributed by atoms with Crippen LogP contribution in [0.1, 0.15) is 30.9 Å². The summed E-state index contributed by atoms with van der Waals surface area (Å²) in [6.45, 7) is 5.46. The smallest absolute Gasteiger partial charge is 0.255 e. The predicted octanol–water partition coefficient (Wildman–Crippen LogP) is 3.55. The lowest BCUT2D eigenvalue weighted by Gasteiger charge is -2.49. The molecule has 0 aromatic heterocycles. The van der Waals surface area contributed by atoms with Gasteiger partial charge in [-0.1, -0.05) is 30.3 Å². The molecule has 2 aromatic rings. The molecule has 0 bridgehead atoms. The van der Waals surface area contributed by atoms with Gasteiger partial charge in [-0.2, -0.15) is 0 Å². The Morgan fingerprint density at radius 3 is 2.61 bits per heavy atom. The molecule has 2 aliphatic rings. The summed E-state index contributed by atoms with van der Waals surface area (Å²) in [6.07, 6.45) is 3.78. The van der Waals surface area contributed by atoms with Crippen LogP contribution < -0.4 is 10.2 Å². The number of rotatable bonds is 6. The Bertz CT molecular complexity index is 922. The molecule has 2 aliphatic heterocycles. The molecule has 1 spiro atoms. The van der Waals surface area contributed by atoms with E-state index >= 15 is 0 Å². The monoisotopic (exact) mass is 420 g/mol. The van der Waals surface area contributed by atoms with Crippen LogP contribution in [-0.4, -0.2) is 62.0 Å². The molecular weight excluding hydrogens is 388 g/mol. The van der Waals surface area contributed by atoms with Crippen molar-refractivity contribution < 1.29 is 9.53 Å². The van der Waals surface area contributed by atoms with Crippen molar-refractivity contribution in [1.82, 2.24) is 4.90 Å². The number of amides is 1. The van der Waals surface area contributed by atoms with Gasteiger partial charge in [0.15, 0.2) is 0 Å². The summed E-state index contributed by atoms with van der Waals surface area (Å²) >= 11 is 0. The van der Waals surface area contributed by atoms with E-state index in [4.69, 9.17) is 10.1 Å². The lowest BCUT2D eigenvalue weighted by atomic mass is 9.88. The molecule has 1 atom stereocenters. The van der Waals surface area contributed by atoms with Gasteiger partial charge in [0.05, 0.1) is 12.1 Å². The Balaban J connectivity index is 1.44. The molecule has 2 fully saturated rings. The number of piperidine rings is 1. The zero-order valence-electron chi connectivity index (χ0n) is 18.4. The first-order valence-electron chi connectivity index (χ1n) is 11.1. The molecule has 0 radical (unpaired) electrons. The first-order chi connectivity index (χ1) is 15.0. The normalized spacial score (nSPS) is 21.3. The topological polar surface area (TPSA) is 68.7 Å². The zero-order chi connectivity index (χ0) is 21.8. The van der Waals surface area contributed by atoms with Crippen LogP contribution >= 0.6 is 0 Å². The Morgan fingerprint density at radius 1 is 1.19 bits per heavy atom. The van der Waals surface area contributed by atoms with Crippen molar-refractivity contribution in [2.45, 2.75) is 37.9 Å². The van der Waals surface area contributed by atoms with Crippen molar-refractivity contribution in [1.29, 1.82) is 5.41 Å². The molecule has 0 saturated carbocycles. The molecular formula is C25H32N4O2. The van der Waals surface area contributed by atoms with Crippen LogP contribution in [0.15, 0.2) is 48.5 Å². The number of ether oxygens (including phenoxy) is 1. The molecule has 31 heavy (non-hydrogen) atoms. The molecule has 2 aromatic carbocycles. The van der Waals surface area contributed by atoms with Crippen LogP contribution in [0.4, 0.5) is 11.4 Å². The summed E-state index contributed by atoms with van der Waals surface area (Å²) in [5.41, 5.74) is 3.60. The van der Waals surface area contributed by atoms with Gasteiger partial charge in [-0.25, -0.2) is 0 Å². The largest absolute Gasteiger partial charge is 0.388 e. The Kier molecular flexibility index (Phi) is 6.39. The van der Waals surface area contributed by atoms with Crippen LogP contribution in [0.2, 0.25) is 0 Å². The second-order valence-electron chi connectivity index (χ2n) is 8.61. The van der Waals surface area contributed by atoms with E-state index in [-0.39, 0.29) is 11.5 Å². The highest BCUT2D eigenvalue weighted by Gasteiger charge is 2.45. The highest BCUT2D eigenvalue weighted by molar-refractivity contribution is 5.98. The van der Waals surface area contributed by atoms with Gasteiger partial charge in [-0.05, 0) is 49.9 Å². The number of nitrogens with one attached hydrogen (secondary N) is 2. The van der Waals surface area contributed by atoms with Gasteiger partial charge in [0.2, 0.25) is 0 Å². The number of hydrogen-bond acceptors (Lipinski definition) is 5. The number of carbonyl (C=O) groups is 1. The van der Waals surface area contributed by atoms with E-state index in [0.29, 0.717) is 6.54 Å². The van der Waals surface area contributed by atoms with Gasteiger partial charge in [0, 0.05) is 49.8 Å². The van der Waals surface area contributed by atoms with E-state index in [2.05, 4.69) is 40.5 Å². The molecule has 2 heterocycles. The number of likely N-dealkylation sites (tertiary alicyclic amines) is 1. The quantitative estimate of drug-likeness (QED) is 0.702. The summed E-state index contributed by atoms with van der Waals surface area (Å²) < 4.78 is 6.32. The van der Waals surface area contributed by atoms with Crippen LogP contribution in [0.5, 0.6) is 0 Å². The number of hydrogen-bond donors (Lipinski definition) is 2. The summed E-state index contributed by atoms with van der Waals surface area (Å²) in [6, 6.07) is 16.4. The van der Waals surface area contributed by atoms with Gasteiger partial charge < -0.3 is 25.3 Å². The van der Waals surface area contributed by atoms with E-state index in [1.165, 1.54) is 11.8 Å². The maximum atomic E-state index is 13.0. The number of morpholine rings is 1. The van der Waals surface area contributed by atoms with E-state index < -0.39 is 6.10 Å².